The number of carbonyl (C=O) groups excluding carboxylic acids is 1. The molecule has 3 aromatic rings. The van der Waals surface area contributed by atoms with Gasteiger partial charge < -0.3 is 25.3 Å². The molecule has 129 valence electrons. The molecular weight excluding hydrogens is 320 g/mol. The lowest BCUT2D eigenvalue weighted by Gasteiger charge is -2.10. The number of nitrogens with two attached hydrogens (primary N) is 1. The van der Waals surface area contributed by atoms with Gasteiger partial charge in [-0.05, 0) is 44.4 Å². The SMILES string of the molecule is CN(C)CCOc1ccc2[nH]c(-c3c[c]c(C(N)=O)[nH]c3=O)cc2c1. The lowest BCUT2D eigenvalue weighted by Crippen LogP contribution is -2.19. The summed E-state index contributed by atoms with van der Waals surface area (Å²) in [6.07, 6.45) is 0. The number of primary amides is 1. The number of aromatic amines is 2. The van der Waals surface area contributed by atoms with E-state index in [4.69, 9.17) is 10.5 Å². The van der Waals surface area contributed by atoms with Crippen molar-refractivity contribution in [3.63, 3.8) is 0 Å². The largest absolute Gasteiger partial charge is 0.492 e. The maximum Gasteiger partial charge on any atom is 0.265 e. The first kappa shape index (κ1) is 16.8. The molecule has 0 atom stereocenters. The van der Waals surface area contributed by atoms with E-state index in [9.17, 15) is 9.59 Å². The van der Waals surface area contributed by atoms with Crippen LogP contribution in [0.4, 0.5) is 0 Å². The molecule has 3 rings (SSSR count). The molecule has 0 unspecified atom stereocenters. The summed E-state index contributed by atoms with van der Waals surface area (Å²) in [5.41, 5.74) is 6.60. The van der Waals surface area contributed by atoms with Crippen LogP contribution in [0.1, 0.15) is 10.5 Å². The van der Waals surface area contributed by atoms with Crippen LogP contribution in [0.5, 0.6) is 5.75 Å². The van der Waals surface area contributed by atoms with Gasteiger partial charge in [0.15, 0.2) is 0 Å². The Morgan fingerprint density at radius 2 is 2.08 bits per heavy atom. The topological polar surface area (TPSA) is 104 Å². The Balaban J connectivity index is 1.88. The second-order valence-electron chi connectivity index (χ2n) is 5.98. The van der Waals surface area contributed by atoms with Crippen LogP contribution >= 0.6 is 0 Å². The summed E-state index contributed by atoms with van der Waals surface area (Å²) >= 11 is 0. The quantitative estimate of drug-likeness (QED) is 0.631. The molecule has 0 bridgehead atoms. The van der Waals surface area contributed by atoms with Crippen LogP contribution in [0, 0.1) is 6.07 Å². The standard InChI is InChI=1S/C18H19N4O3/c1-22(2)7-8-25-12-3-5-14-11(9-12)10-16(20-14)13-4-6-15(17(19)23)21-18(13)24/h3-5,9-10,20H,7-8H2,1-2H3,(H2,19,23)(H,21,24). The molecule has 1 radical (unpaired) electrons. The number of pyridine rings is 1. The first-order chi connectivity index (χ1) is 11.9. The molecule has 2 aromatic heterocycles. The van der Waals surface area contributed by atoms with Crippen molar-refractivity contribution in [1.82, 2.24) is 14.9 Å². The molecular formula is C18H19N4O3. The number of nitrogens with zero attached hydrogens (tertiary/aromatic N) is 1. The number of benzene rings is 1. The number of rotatable bonds is 6. The van der Waals surface area contributed by atoms with E-state index in [0.717, 1.165) is 23.2 Å². The Bertz CT molecular complexity index is 972. The lowest BCUT2D eigenvalue weighted by atomic mass is 10.1. The van der Waals surface area contributed by atoms with Gasteiger partial charge in [0.05, 0.1) is 11.3 Å². The fourth-order valence-electron chi connectivity index (χ4n) is 2.45. The number of fused-ring (bicyclic) bond motifs is 1. The maximum absolute atomic E-state index is 12.2. The summed E-state index contributed by atoms with van der Waals surface area (Å²) in [6, 6.07) is 11.7. The Hall–Kier alpha value is -3.06. The minimum Gasteiger partial charge on any atom is -0.492 e. The second kappa shape index (κ2) is 6.82. The number of carbonyl (C=O) groups is 1. The monoisotopic (exact) mass is 339 g/mol. The highest BCUT2D eigenvalue weighted by molar-refractivity contribution is 5.91. The van der Waals surface area contributed by atoms with Crippen LogP contribution in [-0.4, -0.2) is 48.0 Å². The molecule has 1 amide bonds. The maximum atomic E-state index is 12.2. The Morgan fingerprint density at radius 3 is 2.76 bits per heavy atom. The minimum atomic E-state index is -0.722. The Labute approximate surface area is 144 Å². The van der Waals surface area contributed by atoms with Crippen LogP contribution < -0.4 is 16.0 Å². The molecule has 0 aliphatic carbocycles. The molecule has 25 heavy (non-hydrogen) atoms. The summed E-state index contributed by atoms with van der Waals surface area (Å²) < 4.78 is 5.72. The number of hydrogen-bond acceptors (Lipinski definition) is 4. The third-order valence-electron chi connectivity index (χ3n) is 3.78. The summed E-state index contributed by atoms with van der Waals surface area (Å²) in [6.45, 7) is 1.42. The zero-order valence-corrected chi connectivity index (χ0v) is 14.1. The summed E-state index contributed by atoms with van der Waals surface area (Å²) in [4.78, 5) is 30.9. The van der Waals surface area contributed by atoms with Gasteiger partial charge in [-0.1, -0.05) is 0 Å². The second-order valence-corrected chi connectivity index (χ2v) is 5.98. The van der Waals surface area contributed by atoms with Crippen LogP contribution in [0.3, 0.4) is 0 Å². The molecule has 7 nitrogen and oxygen atoms in total. The number of likely N-dealkylation sites (N-methyl/N-ethyl adjacent to an activating group) is 1. The Morgan fingerprint density at radius 1 is 1.28 bits per heavy atom. The van der Waals surface area contributed by atoms with Crippen molar-refractivity contribution >= 4 is 16.8 Å². The summed E-state index contributed by atoms with van der Waals surface area (Å²) in [7, 11) is 3.98. The van der Waals surface area contributed by atoms with Crippen molar-refractivity contribution in [1.29, 1.82) is 0 Å². The molecule has 0 aliphatic heterocycles. The first-order valence-electron chi connectivity index (χ1n) is 7.79. The van der Waals surface area contributed by atoms with Crippen molar-refractivity contribution in [3.05, 3.63) is 52.4 Å². The van der Waals surface area contributed by atoms with Gasteiger partial charge in [-0.2, -0.15) is 0 Å². The third-order valence-corrected chi connectivity index (χ3v) is 3.78. The van der Waals surface area contributed by atoms with Crippen molar-refractivity contribution in [2.75, 3.05) is 27.2 Å². The van der Waals surface area contributed by atoms with Gasteiger partial charge in [0.1, 0.15) is 18.1 Å². The minimum absolute atomic E-state index is 0.0403. The predicted octanol–water partition coefficient (Wildman–Crippen LogP) is 1.36. The average molecular weight is 339 g/mol. The van der Waals surface area contributed by atoms with Gasteiger partial charge in [-0.15, -0.1) is 0 Å². The molecule has 4 N–H and O–H groups in total. The molecule has 2 heterocycles. The molecule has 0 saturated carbocycles. The van der Waals surface area contributed by atoms with Gasteiger partial charge in [-0.25, -0.2) is 0 Å². The van der Waals surface area contributed by atoms with Gasteiger partial charge >= 0.3 is 0 Å². The van der Waals surface area contributed by atoms with E-state index in [0.29, 0.717) is 17.9 Å². The summed E-state index contributed by atoms with van der Waals surface area (Å²) in [5.74, 6) is 0.0456. The van der Waals surface area contributed by atoms with Crippen molar-refractivity contribution < 1.29 is 9.53 Å². The third kappa shape index (κ3) is 3.72. The fourth-order valence-corrected chi connectivity index (χ4v) is 2.45. The number of amides is 1. The molecule has 0 spiro atoms. The summed E-state index contributed by atoms with van der Waals surface area (Å²) in [5, 5.41) is 0.927. The van der Waals surface area contributed by atoms with Gasteiger partial charge in [0.25, 0.3) is 11.5 Å². The number of hydrogen-bond donors (Lipinski definition) is 3. The van der Waals surface area contributed by atoms with Gasteiger partial charge in [0.2, 0.25) is 0 Å². The lowest BCUT2D eigenvalue weighted by molar-refractivity contribution is 0.0995. The number of nitrogens with one attached hydrogen (secondary N) is 2. The smallest absolute Gasteiger partial charge is 0.265 e. The van der Waals surface area contributed by atoms with Crippen LogP contribution in [0.15, 0.2) is 35.1 Å². The first-order valence-corrected chi connectivity index (χ1v) is 7.79. The highest BCUT2D eigenvalue weighted by atomic mass is 16.5. The molecule has 0 saturated heterocycles. The highest BCUT2D eigenvalue weighted by Crippen LogP contribution is 2.25. The van der Waals surface area contributed by atoms with E-state index in [2.05, 4.69) is 16.0 Å². The van der Waals surface area contributed by atoms with Crippen molar-refractivity contribution in [2.24, 2.45) is 5.73 Å². The van der Waals surface area contributed by atoms with Gasteiger partial charge in [-0.3, -0.25) is 9.59 Å². The van der Waals surface area contributed by atoms with Crippen LogP contribution in [0.2, 0.25) is 0 Å². The average Bonchev–Trinajstić information content (AvgIpc) is 2.97. The number of H-pyrrole nitrogens is 2. The van der Waals surface area contributed by atoms with E-state index in [1.54, 1.807) is 0 Å². The molecule has 0 fully saturated rings. The van der Waals surface area contributed by atoms with E-state index in [-0.39, 0.29) is 5.69 Å². The van der Waals surface area contributed by atoms with E-state index in [1.807, 2.05) is 43.3 Å². The van der Waals surface area contributed by atoms with Crippen molar-refractivity contribution in [3.8, 4) is 17.0 Å². The zero-order valence-electron chi connectivity index (χ0n) is 14.1. The molecule has 0 aliphatic rings. The normalized spacial score (nSPS) is 11.2. The zero-order chi connectivity index (χ0) is 18.0. The number of ether oxygens (including phenoxy) is 1. The van der Waals surface area contributed by atoms with Crippen LogP contribution in [-0.2, 0) is 0 Å². The Kier molecular flexibility index (Phi) is 4.58. The van der Waals surface area contributed by atoms with E-state index in [1.165, 1.54) is 6.07 Å². The fraction of sp³-hybridized carbons (Fsp3) is 0.222. The highest BCUT2D eigenvalue weighted by Gasteiger charge is 2.10. The van der Waals surface area contributed by atoms with Gasteiger partial charge in [0, 0.05) is 23.5 Å². The molecule has 1 aromatic carbocycles. The predicted molar refractivity (Wildman–Crippen MR) is 95.8 cm³/mol. The van der Waals surface area contributed by atoms with E-state index >= 15 is 0 Å². The van der Waals surface area contributed by atoms with Crippen LogP contribution in [0.25, 0.3) is 22.2 Å². The van der Waals surface area contributed by atoms with Crippen molar-refractivity contribution in [2.45, 2.75) is 0 Å². The number of aromatic nitrogens is 2. The molecule has 7 heteroatoms. The van der Waals surface area contributed by atoms with E-state index < -0.39 is 11.5 Å².